The molecule has 0 saturated carbocycles. The van der Waals surface area contributed by atoms with Crippen LogP contribution in [0.2, 0.25) is 0 Å². The van der Waals surface area contributed by atoms with E-state index >= 15 is 0 Å². The minimum Gasteiger partial charge on any atom is -0.481 e. The summed E-state index contributed by atoms with van der Waals surface area (Å²) >= 11 is 0. The van der Waals surface area contributed by atoms with E-state index in [1.165, 1.54) is 0 Å². The molecular weight excluding hydrogens is 256 g/mol. The number of anilines is 1. The maximum Gasteiger partial charge on any atom is 0.305 e. The van der Waals surface area contributed by atoms with Gasteiger partial charge in [0.15, 0.2) is 0 Å². The molecule has 1 aromatic carbocycles. The Bertz CT molecular complexity index is 443. The highest BCUT2D eigenvalue weighted by molar-refractivity contribution is 5.76. The number of aliphatic carboxylic acids is 1. The summed E-state index contributed by atoms with van der Waals surface area (Å²) in [7, 11) is 0. The largest absolute Gasteiger partial charge is 0.481 e. The van der Waals surface area contributed by atoms with Gasteiger partial charge in [-0.15, -0.1) is 0 Å². The van der Waals surface area contributed by atoms with Crippen LogP contribution in [0.3, 0.4) is 0 Å². The van der Waals surface area contributed by atoms with Crippen LogP contribution in [0.15, 0.2) is 24.3 Å². The van der Waals surface area contributed by atoms with E-state index in [1.807, 2.05) is 43.0 Å². The van der Waals surface area contributed by atoms with Crippen molar-refractivity contribution in [2.24, 2.45) is 0 Å². The Balaban J connectivity index is 2.66. The smallest absolute Gasteiger partial charge is 0.305 e. The quantitative estimate of drug-likeness (QED) is 0.761. The summed E-state index contributed by atoms with van der Waals surface area (Å²) in [4.78, 5) is 24.2. The van der Waals surface area contributed by atoms with Gasteiger partial charge in [-0.1, -0.05) is 17.7 Å². The molecule has 1 aromatic rings. The molecule has 0 radical (unpaired) electrons. The van der Waals surface area contributed by atoms with Gasteiger partial charge in [0.05, 0.1) is 6.42 Å². The third-order valence-electron chi connectivity index (χ3n) is 2.98. The number of carboxylic acids is 1. The van der Waals surface area contributed by atoms with Crippen molar-refractivity contribution in [1.82, 2.24) is 5.32 Å². The van der Waals surface area contributed by atoms with Crippen LogP contribution >= 0.6 is 0 Å². The van der Waals surface area contributed by atoms with E-state index in [-0.39, 0.29) is 12.3 Å². The number of aryl methyl sites for hydroxylation is 1. The number of rotatable bonds is 8. The number of nitrogens with zero attached hydrogens (tertiary/aromatic N) is 1. The van der Waals surface area contributed by atoms with Crippen molar-refractivity contribution >= 4 is 17.6 Å². The van der Waals surface area contributed by atoms with E-state index < -0.39 is 5.97 Å². The van der Waals surface area contributed by atoms with Crippen molar-refractivity contribution in [2.75, 3.05) is 24.5 Å². The standard InChI is InChI=1S/C15H22N2O3/c1-3-16-14(18)8-10-17(11-9-15(19)20)13-6-4-12(2)5-7-13/h4-7H,3,8-11H2,1-2H3,(H,16,18)(H,19,20). The highest BCUT2D eigenvalue weighted by Crippen LogP contribution is 2.15. The van der Waals surface area contributed by atoms with Crippen molar-refractivity contribution < 1.29 is 14.7 Å². The zero-order chi connectivity index (χ0) is 15.0. The van der Waals surface area contributed by atoms with Gasteiger partial charge in [-0.05, 0) is 26.0 Å². The molecule has 20 heavy (non-hydrogen) atoms. The predicted molar refractivity (Wildman–Crippen MR) is 78.9 cm³/mol. The highest BCUT2D eigenvalue weighted by Gasteiger charge is 2.10. The molecule has 0 heterocycles. The minimum atomic E-state index is -0.833. The van der Waals surface area contributed by atoms with E-state index in [1.54, 1.807) is 0 Å². The third-order valence-corrected chi connectivity index (χ3v) is 2.98. The summed E-state index contributed by atoms with van der Waals surface area (Å²) in [5.74, 6) is -0.847. The van der Waals surface area contributed by atoms with Crippen molar-refractivity contribution in [3.63, 3.8) is 0 Å². The SMILES string of the molecule is CCNC(=O)CCN(CCC(=O)O)c1ccc(C)cc1. The third kappa shape index (κ3) is 5.73. The van der Waals surface area contributed by atoms with Crippen LogP contribution in [-0.2, 0) is 9.59 Å². The molecule has 0 aliphatic heterocycles. The Hall–Kier alpha value is -2.04. The number of hydrogen-bond donors (Lipinski definition) is 2. The summed E-state index contributed by atoms with van der Waals surface area (Å²) in [5, 5.41) is 11.6. The number of amides is 1. The monoisotopic (exact) mass is 278 g/mol. The normalized spacial score (nSPS) is 10.1. The number of carbonyl (C=O) groups is 2. The van der Waals surface area contributed by atoms with E-state index in [2.05, 4.69) is 5.32 Å². The molecule has 0 spiro atoms. The number of nitrogens with one attached hydrogen (secondary N) is 1. The zero-order valence-corrected chi connectivity index (χ0v) is 12.1. The van der Waals surface area contributed by atoms with Gasteiger partial charge in [-0.2, -0.15) is 0 Å². The number of carbonyl (C=O) groups excluding carboxylic acids is 1. The Morgan fingerprint density at radius 2 is 1.75 bits per heavy atom. The second-order valence-electron chi connectivity index (χ2n) is 4.67. The zero-order valence-electron chi connectivity index (χ0n) is 12.1. The maximum atomic E-state index is 11.5. The summed E-state index contributed by atoms with van der Waals surface area (Å²) in [6.45, 7) is 5.40. The van der Waals surface area contributed by atoms with Crippen LogP contribution in [0.25, 0.3) is 0 Å². The van der Waals surface area contributed by atoms with Gasteiger partial charge in [0.2, 0.25) is 5.91 Å². The molecule has 5 nitrogen and oxygen atoms in total. The van der Waals surface area contributed by atoms with Gasteiger partial charge in [-0.25, -0.2) is 0 Å². The van der Waals surface area contributed by atoms with E-state index in [9.17, 15) is 9.59 Å². The molecule has 5 heteroatoms. The first kappa shape index (κ1) is 16.0. The molecule has 0 bridgehead atoms. The van der Waals surface area contributed by atoms with Crippen molar-refractivity contribution in [3.05, 3.63) is 29.8 Å². The first-order chi connectivity index (χ1) is 9.52. The Kier molecular flexibility index (Phi) is 6.56. The molecule has 2 N–H and O–H groups in total. The summed E-state index contributed by atoms with van der Waals surface area (Å²) < 4.78 is 0. The molecular formula is C15H22N2O3. The molecule has 0 aliphatic rings. The van der Waals surface area contributed by atoms with Gasteiger partial charge >= 0.3 is 5.97 Å². The minimum absolute atomic E-state index is 0.0139. The van der Waals surface area contributed by atoms with E-state index in [0.29, 0.717) is 26.1 Å². The Morgan fingerprint density at radius 1 is 1.15 bits per heavy atom. The first-order valence-electron chi connectivity index (χ1n) is 6.83. The lowest BCUT2D eigenvalue weighted by Gasteiger charge is -2.24. The lowest BCUT2D eigenvalue weighted by molar-refractivity contribution is -0.136. The molecule has 110 valence electrons. The second kappa shape index (κ2) is 8.19. The average Bonchev–Trinajstić information content (AvgIpc) is 2.40. The van der Waals surface area contributed by atoms with Gasteiger partial charge in [0.25, 0.3) is 0 Å². The van der Waals surface area contributed by atoms with Gasteiger partial charge in [0.1, 0.15) is 0 Å². The van der Waals surface area contributed by atoms with Crippen molar-refractivity contribution in [2.45, 2.75) is 26.7 Å². The van der Waals surface area contributed by atoms with Gasteiger partial charge in [0, 0.05) is 31.7 Å². The van der Waals surface area contributed by atoms with Crippen LogP contribution < -0.4 is 10.2 Å². The van der Waals surface area contributed by atoms with Crippen LogP contribution in [0.4, 0.5) is 5.69 Å². The summed E-state index contributed by atoms with van der Waals surface area (Å²) in [6, 6.07) is 7.87. The molecule has 0 fully saturated rings. The number of hydrogen-bond acceptors (Lipinski definition) is 3. The van der Waals surface area contributed by atoms with E-state index in [0.717, 1.165) is 11.3 Å². The van der Waals surface area contributed by atoms with Crippen LogP contribution in [-0.4, -0.2) is 36.6 Å². The lowest BCUT2D eigenvalue weighted by atomic mass is 10.2. The number of benzene rings is 1. The molecule has 0 atom stereocenters. The molecule has 0 saturated heterocycles. The van der Waals surface area contributed by atoms with Gasteiger partial charge < -0.3 is 15.3 Å². The van der Waals surface area contributed by atoms with Crippen LogP contribution in [0.1, 0.15) is 25.3 Å². The average molecular weight is 278 g/mol. The molecule has 0 aromatic heterocycles. The van der Waals surface area contributed by atoms with Crippen molar-refractivity contribution in [3.8, 4) is 0 Å². The summed E-state index contributed by atoms with van der Waals surface area (Å²) in [5.41, 5.74) is 2.09. The van der Waals surface area contributed by atoms with Crippen LogP contribution in [0, 0.1) is 6.92 Å². The molecule has 1 amide bonds. The Morgan fingerprint density at radius 3 is 2.30 bits per heavy atom. The summed E-state index contributed by atoms with van der Waals surface area (Å²) in [6.07, 6.45) is 0.421. The second-order valence-corrected chi connectivity index (χ2v) is 4.67. The van der Waals surface area contributed by atoms with Gasteiger partial charge in [-0.3, -0.25) is 9.59 Å². The van der Waals surface area contributed by atoms with Crippen molar-refractivity contribution in [1.29, 1.82) is 0 Å². The molecule has 0 unspecified atom stereocenters. The fourth-order valence-corrected chi connectivity index (χ4v) is 1.88. The fourth-order valence-electron chi connectivity index (χ4n) is 1.88. The van der Waals surface area contributed by atoms with E-state index in [4.69, 9.17) is 5.11 Å². The lowest BCUT2D eigenvalue weighted by Crippen LogP contribution is -2.32. The number of carboxylic acid groups (broad SMARTS) is 1. The van der Waals surface area contributed by atoms with Crippen LogP contribution in [0.5, 0.6) is 0 Å². The predicted octanol–water partition coefficient (Wildman–Crippen LogP) is 1.80. The fraction of sp³-hybridized carbons (Fsp3) is 0.467. The topological polar surface area (TPSA) is 69.6 Å². The Labute approximate surface area is 119 Å². The highest BCUT2D eigenvalue weighted by atomic mass is 16.4. The maximum absolute atomic E-state index is 11.5. The molecule has 0 aliphatic carbocycles. The molecule has 1 rings (SSSR count). The first-order valence-corrected chi connectivity index (χ1v) is 6.83.